The van der Waals surface area contributed by atoms with Gasteiger partial charge in [-0.1, -0.05) is 230 Å². The summed E-state index contributed by atoms with van der Waals surface area (Å²) in [7, 11) is 0. The number of ether oxygens (including phenoxy) is 1. The number of benzene rings is 12. The molecule has 2 nitrogen and oxygen atoms in total. The average Bonchev–Trinajstić information content (AvgIpc) is 3.29. The minimum absolute atomic E-state index is 0.494. The van der Waals surface area contributed by atoms with Gasteiger partial charge in [-0.25, -0.2) is 0 Å². The van der Waals surface area contributed by atoms with Crippen molar-refractivity contribution >= 4 is 28.8 Å². The van der Waals surface area contributed by atoms with Crippen molar-refractivity contribution in [2.24, 2.45) is 0 Å². The Morgan fingerprint density at radius 3 is 1.19 bits per heavy atom. The minimum Gasteiger partial charge on any atom is -0.457 e. The molecule has 18 rings (SSSR count). The summed E-state index contributed by atoms with van der Waals surface area (Å²) in [5.41, 5.74) is 27.2. The average molecular weight is 1010 g/mol. The second kappa shape index (κ2) is 15.4. The maximum Gasteiger partial charge on any atom is 0.132 e. The first kappa shape index (κ1) is 42.8. The highest BCUT2D eigenvalue weighted by Crippen LogP contribution is 2.68. The maximum atomic E-state index is 6.83. The number of hydrogen-bond acceptors (Lipinski definition) is 3. The van der Waals surface area contributed by atoms with E-state index in [1.807, 2.05) is 11.8 Å². The van der Waals surface area contributed by atoms with E-state index in [9.17, 15) is 0 Å². The van der Waals surface area contributed by atoms with Crippen LogP contribution in [0.25, 0.3) is 44.5 Å². The molecular formula is C75H45NOS. The van der Waals surface area contributed by atoms with E-state index in [2.05, 4.69) is 278 Å². The van der Waals surface area contributed by atoms with E-state index >= 15 is 0 Å². The van der Waals surface area contributed by atoms with Crippen LogP contribution in [0.4, 0.5) is 17.1 Å². The van der Waals surface area contributed by atoms with E-state index in [-0.39, 0.29) is 0 Å². The fraction of sp³-hybridized carbons (Fsp3) is 0.0400. The van der Waals surface area contributed by atoms with Crippen LogP contribution >= 0.6 is 11.8 Å². The quantitative estimate of drug-likeness (QED) is 0.175. The lowest BCUT2D eigenvalue weighted by Crippen LogP contribution is -2.32. The molecule has 0 radical (unpaired) electrons. The van der Waals surface area contributed by atoms with Gasteiger partial charge in [-0.15, -0.1) is 0 Å². The zero-order valence-electron chi connectivity index (χ0n) is 42.2. The highest BCUT2D eigenvalue weighted by atomic mass is 32.2. The van der Waals surface area contributed by atoms with E-state index < -0.39 is 16.2 Å². The van der Waals surface area contributed by atoms with Crippen LogP contribution in [0.1, 0.15) is 66.8 Å². The van der Waals surface area contributed by atoms with Crippen molar-refractivity contribution in [2.45, 2.75) is 26.0 Å². The Labute approximate surface area is 457 Å². The molecule has 0 saturated carbocycles. The van der Waals surface area contributed by atoms with Crippen molar-refractivity contribution in [3.05, 3.63) is 340 Å². The summed E-state index contributed by atoms with van der Waals surface area (Å²) >= 11 is 1.89. The predicted octanol–water partition coefficient (Wildman–Crippen LogP) is 18.8. The first-order valence-corrected chi connectivity index (χ1v) is 28.0. The van der Waals surface area contributed by atoms with E-state index in [1.165, 1.54) is 110 Å². The summed E-state index contributed by atoms with van der Waals surface area (Å²) in [5, 5.41) is 0. The molecule has 2 aliphatic heterocycles. The molecule has 78 heavy (non-hydrogen) atoms. The predicted molar refractivity (Wildman–Crippen MR) is 316 cm³/mol. The lowest BCUT2D eigenvalue weighted by molar-refractivity contribution is 0.436. The Hall–Kier alpha value is -9.41. The molecule has 12 aromatic rings. The molecule has 2 heterocycles. The monoisotopic (exact) mass is 1010 g/mol. The zero-order valence-corrected chi connectivity index (χ0v) is 43.1. The van der Waals surface area contributed by atoms with E-state index in [0.717, 1.165) is 39.7 Å². The molecule has 3 spiro atoms. The molecular weight excluding hydrogens is 963 g/mol. The number of nitrogens with zero attached hydrogens (tertiary/aromatic N) is 1. The van der Waals surface area contributed by atoms with Gasteiger partial charge in [0.25, 0.3) is 0 Å². The fourth-order valence-corrected chi connectivity index (χ4v) is 16.9. The summed E-state index contributed by atoms with van der Waals surface area (Å²) in [6.07, 6.45) is 0. The second-order valence-electron chi connectivity index (χ2n) is 21.7. The largest absolute Gasteiger partial charge is 0.457 e. The van der Waals surface area contributed by atoms with Crippen molar-refractivity contribution in [1.29, 1.82) is 0 Å². The van der Waals surface area contributed by atoms with Crippen LogP contribution in [0, 0.1) is 0 Å². The maximum absolute atomic E-state index is 6.83. The topological polar surface area (TPSA) is 12.5 Å². The Kier molecular flexibility index (Phi) is 8.43. The summed E-state index contributed by atoms with van der Waals surface area (Å²) in [6.45, 7) is 0. The second-order valence-corrected chi connectivity index (χ2v) is 22.7. The van der Waals surface area contributed by atoms with Crippen molar-refractivity contribution in [1.82, 2.24) is 0 Å². The Morgan fingerprint density at radius 1 is 0.256 bits per heavy atom. The molecule has 0 atom stereocenters. The highest BCUT2D eigenvalue weighted by molar-refractivity contribution is 7.99. The van der Waals surface area contributed by atoms with Gasteiger partial charge in [-0.2, -0.15) is 0 Å². The summed E-state index contributed by atoms with van der Waals surface area (Å²) in [6, 6.07) is 103. The van der Waals surface area contributed by atoms with Gasteiger partial charge in [0.1, 0.15) is 11.5 Å². The smallest absolute Gasteiger partial charge is 0.132 e. The molecule has 12 aromatic carbocycles. The Bertz CT molecular complexity index is 4470. The fourth-order valence-electron chi connectivity index (χ4n) is 15.7. The first-order valence-electron chi connectivity index (χ1n) is 27.2. The summed E-state index contributed by atoms with van der Waals surface area (Å²) in [5.74, 6) is 1.77. The van der Waals surface area contributed by atoms with Crippen LogP contribution in [0.3, 0.4) is 0 Å². The SMILES string of the molecule is c1ccc2c(c1)Oc1ccccc1C21c2ccccc2-c2c(N(c3ccc4c(c3)-c3ccccc3C43c4ccccc4Sc4ccccc43)c3ccc4c(c3)C3(c5ccccc5-c5ccccc53)c3ccccc3-4)cccc21. The standard InChI is InChI=1S/C75H45NOS/c1-6-25-55-48(20-1)49-21-2-7-26-56(49)73(55)57-27-8-3-22-50(57)52-42-40-47(45-66(52)73)76(46-41-43-60-54(44-46)51-23-4-9-28-58(51)74(60)63-32-13-17-38-70(63)78-71-39-18-14-33-64(71)74)67-35-19-34-65-72(67)53-24-5-10-29-59(53)75(65)61-30-11-15-36-68(61)77-69-37-16-12-31-62(69)75/h1-45H. The molecule has 0 amide bonds. The van der Waals surface area contributed by atoms with Gasteiger partial charge in [-0.3, -0.25) is 0 Å². The molecule has 0 aromatic heterocycles. The number of hydrogen-bond donors (Lipinski definition) is 0. The number of rotatable bonds is 3. The third kappa shape index (κ3) is 5.07. The Morgan fingerprint density at radius 2 is 0.628 bits per heavy atom. The van der Waals surface area contributed by atoms with Gasteiger partial charge in [0, 0.05) is 37.9 Å². The molecule has 6 aliphatic rings. The van der Waals surface area contributed by atoms with Crippen molar-refractivity contribution in [3.8, 4) is 56.0 Å². The van der Waals surface area contributed by atoms with Crippen LogP contribution in [-0.2, 0) is 16.2 Å². The van der Waals surface area contributed by atoms with Crippen molar-refractivity contribution in [2.75, 3.05) is 4.90 Å². The molecule has 362 valence electrons. The van der Waals surface area contributed by atoms with Crippen LogP contribution < -0.4 is 9.64 Å². The minimum atomic E-state index is -0.636. The summed E-state index contributed by atoms with van der Waals surface area (Å²) in [4.78, 5) is 5.20. The summed E-state index contributed by atoms with van der Waals surface area (Å²) < 4.78 is 6.83. The van der Waals surface area contributed by atoms with Crippen LogP contribution in [0.5, 0.6) is 11.5 Å². The molecule has 0 N–H and O–H groups in total. The normalized spacial score (nSPS) is 15.3. The highest BCUT2D eigenvalue weighted by Gasteiger charge is 2.55. The Balaban J connectivity index is 0.947. The molecule has 4 aliphatic carbocycles. The number of para-hydroxylation sites is 2. The van der Waals surface area contributed by atoms with Crippen molar-refractivity contribution < 1.29 is 4.74 Å². The number of anilines is 3. The lowest BCUT2D eigenvalue weighted by atomic mass is 9.66. The third-order valence-corrected chi connectivity index (χ3v) is 19.6. The zero-order chi connectivity index (χ0) is 50.9. The molecule has 0 fully saturated rings. The van der Waals surface area contributed by atoms with Gasteiger partial charge in [0.05, 0.1) is 21.9 Å². The van der Waals surface area contributed by atoms with Crippen LogP contribution in [-0.4, -0.2) is 0 Å². The van der Waals surface area contributed by atoms with E-state index in [0.29, 0.717) is 0 Å². The molecule has 0 saturated heterocycles. The van der Waals surface area contributed by atoms with Crippen LogP contribution in [0.15, 0.2) is 283 Å². The van der Waals surface area contributed by atoms with Gasteiger partial charge in [-0.05, 0) is 149 Å². The van der Waals surface area contributed by atoms with Crippen LogP contribution in [0.2, 0.25) is 0 Å². The molecule has 0 unspecified atom stereocenters. The molecule has 3 heteroatoms. The van der Waals surface area contributed by atoms with E-state index in [4.69, 9.17) is 4.74 Å². The van der Waals surface area contributed by atoms with Gasteiger partial charge >= 0.3 is 0 Å². The van der Waals surface area contributed by atoms with E-state index in [1.54, 1.807) is 0 Å². The van der Waals surface area contributed by atoms with Crippen molar-refractivity contribution in [3.63, 3.8) is 0 Å². The molecule has 0 bridgehead atoms. The third-order valence-electron chi connectivity index (χ3n) is 18.4. The van der Waals surface area contributed by atoms with Gasteiger partial charge in [0.15, 0.2) is 0 Å². The number of fused-ring (bicyclic) bond motifs is 28. The van der Waals surface area contributed by atoms with Gasteiger partial charge < -0.3 is 9.64 Å². The first-order chi connectivity index (χ1) is 38.7. The van der Waals surface area contributed by atoms with Gasteiger partial charge in [0.2, 0.25) is 0 Å². The lowest BCUT2D eigenvalue weighted by Gasteiger charge is -2.40.